The van der Waals surface area contributed by atoms with E-state index in [9.17, 15) is 4.79 Å². The Kier molecular flexibility index (Phi) is 3.46. The Hall–Kier alpha value is -2.46. The van der Waals surface area contributed by atoms with Gasteiger partial charge in [0.1, 0.15) is 5.01 Å². The lowest BCUT2D eigenvalue weighted by molar-refractivity contribution is 0.0697. The van der Waals surface area contributed by atoms with E-state index in [-0.39, 0.29) is 0 Å². The molecular weight excluding hydrogens is 306 g/mol. The monoisotopic (exact) mass is 321 g/mol. The Morgan fingerprint density at radius 3 is 2.78 bits per heavy atom. The van der Waals surface area contributed by atoms with Crippen molar-refractivity contribution in [2.45, 2.75) is 19.3 Å². The van der Waals surface area contributed by atoms with Crippen LogP contribution in [-0.4, -0.2) is 16.1 Å². The van der Waals surface area contributed by atoms with Gasteiger partial charge in [0, 0.05) is 10.9 Å². The van der Waals surface area contributed by atoms with Crippen molar-refractivity contribution in [3.05, 3.63) is 59.1 Å². The van der Waals surface area contributed by atoms with Crippen molar-refractivity contribution in [2.24, 2.45) is 0 Å². The summed E-state index contributed by atoms with van der Waals surface area (Å²) in [4.78, 5) is 15.9. The zero-order valence-corrected chi connectivity index (χ0v) is 13.3. The average Bonchev–Trinajstić information content (AvgIpc) is 3.24. The number of carboxylic acids is 1. The van der Waals surface area contributed by atoms with Gasteiger partial charge in [0.2, 0.25) is 0 Å². The van der Waals surface area contributed by atoms with Crippen LogP contribution in [0.25, 0.3) is 26.9 Å². The minimum absolute atomic E-state index is 0.311. The van der Waals surface area contributed by atoms with E-state index in [0.29, 0.717) is 5.56 Å². The van der Waals surface area contributed by atoms with Gasteiger partial charge in [-0.15, -0.1) is 11.3 Å². The Morgan fingerprint density at radius 1 is 1.13 bits per heavy atom. The second-order valence-corrected chi connectivity index (χ2v) is 6.60. The molecule has 1 N–H and O–H groups in total. The maximum atomic E-state index is 11.1. The molecule has 23 heavy (non-hydrogen) atoms. The summed E-state index contributed by atoms with van der Waals surface area (Å²) in [5.74, 6) is -0.901. The van der Waals surface area contributed by atoms with Gasteiger partial charge in [0.25, 0.3) is 0 Å². The maximum Gasteiger partial charge on any atom is 0.335 e. The van der Waals surface area contributed by atoms with E-state index in [4.69, 9.17) is 10.1 Å². The van der Waals surface area contributed by atoms with E-state index < -0.39 is 5.97 Å². The molecule has 0 saturated carbocycles. The number of hydrogen-bond donors (Lipinski definition) is 1. The number of thiazole rings is 1. The van der Waals surface area contributed by atoms with Gasteiger partial charge < -0.3 is 5.11 Å². The van der Waals surface area contributed by atoms with Crippen LogP contribution in [0.2, 0.25) is 0 Å². The third-order valence-corrected chi connectivity index (χ3v) is 5.10. The Bertz CT molecular complexity index is 939. The van der Waals surface area contributed by atoms with Crippen LogP contribution in [0.3, 0.4) is 0 Å². The van der Waals surface area contributed by atoms with Crippen LogP contribution < -0.4 is 0 Å². The van der Waals surface area contributed by atoms with Crippen LogP contribution >= 0.6 is 11.3 Å². The summed E-state index contributed by atoms with van der Waals surface area (Å²) in [7, 11) is 0. The largest absolute Gasteiger partial charge is 0.478 e. The summed E-state index contributed by atoms with van der Waals surface area (Å²) in [6.07, 6.45) is 5.76. The van der Waals surface area contributed by atoms with Gasteiger partial charge in [-0.2, -0.15) is 0 Å². The molecule has 4 heteroatoms. The summed E-state index contributed by atoms with van der Waals surface area (Å²) in [6, 6.07) is 11.3. The first-order chi connectivity index (χ1) is 11.2. The smallest absolute Gasteiger partial charge is 0.335 e. The van der Waals surface area contributed by atoms with Crippen LogP contribution in [-0.2, 0) is 0 Å². The van der Waals surface area contributed by atoms with Gasteiger partial charge in [-0.25, -0.2) is 9.78 Å². The number of carboxylic acid groups (broad SMARTS) is 1. The van der Waals surface area contributed by atoms with Gasteiger partial charge in [-0.3, -0.25) is 0 Å². The van der Waals surface area contributed by atoms with E-state index in [1.54, 1.807) is 23.5 Å². The minimum Gasteiger partial charge on any atom is -0.478 e. The number of nitrogens with zero attached hydrogens (tertiary/aromatic N) is 1. The van der Waals surface area contributed by atoms with Crippen LogP contribution in [0.15, 0.2) is 47.9 Å². The molecule has 0 spiro atoms. The van der Waals surface area contributed by atoms with Gasteiger partial charge in [0.05, 0.1) is 11.3 Å². The molecule has 1 aliphatic carbocycles. The maximum absolute atomic E-state index is 11.1. The topological polar surface area (TPSA) is 50.2 Å². The van der Waals surface area contributed by atoms with Gasteiger partial charge in [0.15, 0.2) is 0 Å². The molecule has 0 radical (unpaired) electrons. The predicted molar refractivity (Wildman–Crippen MR) is 93.8 cm³/mol. The highest BCUT2D eigenvalue weighted by Crippen LogP contribution is 2.33. The fourth-order valence-corrected chi connectivity index (χ4v) is 3.81. The van der Waals surface area contributed by atoms with E-state index >= 15 is 0 Å². The summed E-state index contributed by atoms with van der Waals surface area (Å²) in [5.41, 5.74) is 3.78. The zero-order chi connectivity index (χ0) is 15.8. The van der Waals surface area contributed by atoms with Crippen molar-refractivity contribution in [1.82, 2.24) is 4.98 Å². The Balaban J connectivity index is 1.75. The summed E-state index contributed by atoms with van der Waals surface area (Å²) < 4.78 is 0. The molecule has 0 unspecified atom stereocenters. The van der Waals surface area contributed by atoms with Crippen molar-refractivity contribution in [2.75, 3.05) is 0 Å². The lowest BCUT2D eigenvalue weighted by Crippen LogP contribution is -1.95. The normalized spacial score (nSPS) is 14.2. The number of allylic oxidation sites excluding steroid dienone is 2. The standard InChI is InChI=1S/C19H15NO2S/c21-19(22)15-8-6-12-5-7-14(9-16(12)10-15)18-20-17(11-23-18)13-3-1-2-4-13/h3,5-11H,1-2,4H2,(H,21,22). The summed E-state index contributed by atoms with van der Waals surface area (Å²) in [6.45, 7) is 0. The van der Waals surface area contributed by atoms with Crippen molar-refractivity contribution in [1.29, 1.82) is 0 Å². The van der Waals surface area contributed by atoms with E-state index in [2.05, 4.69) is 17.5 Å². The molecule has 0 bridgehead atoms. The fourth-order valence-electron chi connectivity index (χ4n) is 2.97. The molecule has 3 nitrogen and oxygen atoms in total. The van der Waals surface area contributed by atoms with Gasteiger partial charge >= 0.3 is 5.97 Å². The number of rotatable bonds is 3. The van der Waals surface area contributed by atoms with E-state index in [0.717, 1.165) is 39.9 Å². The third-order valence-electron chi connectivity index (χ3n) is 4.21. The molecule has 3 aromatic rings. The quantitative estimate of drug-likeness (QED) is 0.718. The van der Waals surface area contributed by atoms with Crippen molar-refractivity contribution < 1.29 is 9.90 Å². The number of aromatic nitrogens is 1. The molecule has 114 valence electrons. The molecular formula is C19H15NO2S. The fraction of sp³-hybridized carbons (Fsp3) is 0.158. The van der Waals surface area contributed by atoms with E-state index in [1.807, 2.05) is 18.2 Å². The highest BCUT2D eigenvalue weighted by Gasteiger charge is 2.12. The molecule has 4 rings (SSSR count). The highest BCUT2D eigenvalue weighted by molar-refractivity contribution is 7.13. The summed E-state index contributed by atoms with van der Waals surface area (Å²) in [5, 5.41) is 14.2. The molecule has 2 aromatic carbocycles. The first kappa shape index (κ1) is 14.2. The Morgan fingerprint density at radius 2 is 2.00 bits per heavy atom. The second-order valence-electron chi connectivity index (χ2n) is 5.74. The molecule has 1 heterocycles. The summed E-state index contributed by atoms with van der Waals surface area (Å²) >= 11 is 1.64. The van der Waals surface area contributed by atoms with Crippen molar-refractivity contribution >= 4 is 33.7 Å². The predicted octanol–water partition coefficient (Wildman–Crippen LogP) is 5.23. The number of fused-ring (bicyclic) bond motifs is 1. The first-order valence-corrected chi connectivity index (χ1v) is 8.51. The highest BCUT2D eigenvalue weighted by atomic mass is 32.1. The minimum atomic E-state index is -0.901. The molecule has 0 fully saturated rings. The second kappa shape index (κ2) is 5.63. The number of carbonyl (C=O) groups is 1. The first-order valence-electron chi connectivity index (χ1n) is 7.63. The third kappa shape index (κ3) is 2.66. The van der Waals surface area contributed by atoms with Crippen LogP contribution in [0.4, 0.5) is 0 Å². The van der Waals surface area contributed by atoms with E-state index in [1.165, 1.54) is 12.0 Å². The lowest BCUT2D eigenvalue weighted by atomic mass is 10.0. The Labute approximate surface area is 137 Å². The lowest BCUT2D eigenvalue weighted by Gasteiger charge is -2.03. The average molecular weight is 321 g/mol. The zero-order valence-electron chi connectivity index (χ0n) is 12.5. The number of aromatic carboxylic acids is 1. The van der Waals surface area contributed by atoms with Crippen LogP contribution in [0.5, 0.6) is 0 Å². The molecule has 1 aromatic heterocycles. The number of hydrogen-bond acceptors (Lipinski definition) is 3. The van der Waals surface area contributed by atoms with Gasteiger partial charge in [-0.1, -0.05) is 24.3 Å². The molecule has 1 aliphatic rings. The molecule has 0 aliphatic heterocycles. The van der Waals surface area contributed by atoms with Crippen molar-refractivity contribution in [3.8, 4) is 10.6 Å². The van der Waals surface area contributed by atoms with Gasteiger partial charge in [-0.05, 0) is 53.8 Å². The SMILES string of the molecule is O=C(O)c1ccc2ccc(-c3nc(C4=CCCC4)cs3)cc2c1. The van der Waals surface area contributed by atoms with Crippen LogP contribution in [0.1, 0.15) is 35.3 Å². The van der Waals surface area contributed by atoms with Crippen LogP contribution in [0, 0.1) is 0 Å². The molecule has 0 amide bonds. The van der Waals surface area contributed by atoms with Crippen molar-refractivity contribution in [3.63, 3.8) is 0 Å². The number of benzene rings is 2. The molecule has 0 saturated heterocycles. The molecule has 0 atom stereocenters.